The van der Waals surface area contributed by atoms with Gasteiger partial charge in [-0.1, -0.05) is 13.8 Å². The molecule has 2 rings (SSSR count). The predicted molar refractivity (Wildman–Crippen MR) is 92.8 cm³/mol. The lowest BCUT2D eigenvalue weighted by Crippen LogP contribution is -2.41. The maximum Gasteiger partial charge on any atom is 0.144 e. The molecule has 1 aromatic carbocycles. The molecular weight excluding hydrogens is 262 g/mol. The molecule has 1 aliphatic heterocycles. The number of likely N-dealkylation sites (tertiary alicyclic amines) is 1. The molecule has 1 heterocycles. The fourth-order valence-electron chi connectivity index (χ4n) is 2.70. The highest BCUT2D eigenvalue weighted by Crippen LogP contribution is 2.31. The number of rotatable bonds is 4. The van der Waals surface area contributed by atoms with Crippen LogP contribution in [0.1, 0.15) is 26.7 Å². The van der Waals surface area contributed by atoms with Gasteiger partial charge in [0.15, 0.2) is 0 Å². The minimum atomic E-state index is 0.626. The number of nitrogens with one attached hydrogen (secondary N) is 1. The maximum absolute atomic E-state index is 5.43. The predicted octanol–water partition coefficient (Wildman–Crippen LogP) is 3.29. The number of piperidine rings is 1. The van der Waals surface area contributed by atoms with Crippen molar-refractivity contribution in [3.8, 4) is 5.75 Å². The molecule has 1 aliphatic rings. The van der Waals surface area contributed by atoms with E-state index in [9.17, 15) is 0 Å². The first-order valence-electron chi connectivity index (χ1n) is 7.93. The van der Waals surface area contributed by atoms with Crippen LogP contribution < -0.4 is 15.0 Å². The van der Waals surface area contributed by atoms with E-state index in [1.165, 1.54) is 31.6 Å². The Bertz CT molecular complexity index is 414. The average molecular weight is 293 g/mol. The Kier molecular flexibility index (Phi) is 7.37. The normalized spacial score (nSPS) is 15.9. The summed E-state index contributed by atoms with van der Waals surface area (Å²) in [7, 11) is 8.01. The van der Waals surface area contributed by atoms with E-state index in [1.54, 1.807) is 7.11 Å². The highest BCUT2D eigenvalue weighted by Gasteiger charge is 2.21. The van der Waals surface area contributed by atoms with Gasteiger partial charge in [0.25, 0.3) is 0 Å². The van der Waals surface area contributed by atoms with Gasteiger partial charge in [-0.05, 0) is 45.1 Å². The first kappa shape index (κ1) is 17.6. The van der Waals surface area contributed by atoms with E-state index < -0.39 is 0 Å². The van der Waals surface area contributed by atoms with Crippen LogP contribution in [-0.4, -0.2) is 52.3 Å². The highest BCUT2D eigenvalue weighted by molar-refractivity contribution is 5.64. The van der Waals surface area contributed by atoms with E-state index in [4.69, 9.17) is 4.74 Å². The second-order valence-electron chi connectivity index (χ2n) is 5.28. The second-order valence-corrected chi connectivity index (χ2v) is 5.28. The van der Waals surface area contributed by atoms with Crippen LogP contribution >= 0.6 is 0 Å². The highest BCUT2D eigenvalue weighted by atomic mass is 16.5. The summed E-state index contributed by atoms with van der Waals surface area (Å²) in [4.78, 5) is 4.78. The van der Waals surface area contributed by atoms with Crippen molar-refractivity contribution < 1.29 is 4.74 Å². The molecule has 120 valence electrons. The van der Waals surface area contributed by atoms with Gasteiger partial charge < -0.3 is 19.9 Å². The van der Waals surface area contributed by atoms with Crippen molar-refractivity contribution in [2.45, 2.75) is 32.7 Å². The molecule has 21 heavy (non-hydrogen) atoms. The van der Waals surface area contributed by atoms with Gasteiger partial charge in [0.05, 0.1) is 12.8 Å². The van der Waals surface area contributed by atoms with Crippen LogP contribution in [0.25, 0.3) is 0 Å². The zero-order valence-corrected chi connectivity index (χ0v) is 14.4. The summed E-state index contributed by atoms with van der Waals surface area (Å²) < 4.78 is 5.43. The smallest absolute Gasteiger partial charge is 0.144 e. The molecule has 0 aliphatic carbocycles. The number of hydrogen-bond acceptors (Lipinski definition) is 4. The third-order valence-corrected chi connectivity index (χ3v) is 4.10. The van der Waals surface area contributed by atoms with E-state index >= 15 is 0 Å². The van der Waals surface area contributed by atoms with Gasteiger partial charge in [-0.3, -0.25) is 0 Å². The third kappa shape index (κ3) is 4.53. The first-order chi connectivity index (χ1) is 10.2. The van der Waals surface area contributed by atoms with Crippen molar-refractivity contribution in [3.05, 3.63) is 18.2 Å². The van der Waals surface area contributed by atoms with E-state index in [0.29, 0.717) is 6.04 Å². The summed E-state index contributed by atoms with van der Waals surface area (Å²) in [6.07, 6.45) is 2.45. The van der Waals surface area contributed by atoms with Crippen LogP contribution in [0, 0.1) is 0 Å². The molecule has 4 heteroatoms. The molecule has 0 unspecified atom stereocenters. The van der Waals surface area contributed by atoms with Gasteiger partial charge in [0, 0.05) is 31.9 Å². The molecule has 0 atom stereocenters. The number of benzene rings is 1. The van der Waals surface area contributed by atoms with E-state index in [-0.39, 0.29) is 0 Å². The third-order valence-electron chi connectivity index (χ3n) is 4.10. The van der Waals surface area contributed by atoms with Crippen molar-refractivity contribution in [1.29, 1.82) is 0 Å². The van der Waals surface area contributed by atoms with Gasteiger partial charge >= 0.3 is 0 Å². The second kappa shape index (κ2) is 8.78. The van der Waals surface area contributed by atoms with E-state index in [1.807, 2.05) is 20.9 Å². The minimum Gasteiger partial charge on any atom is -0.495 e. The Hall–Kier alpha value is -1.42. The molecule has 1 fully saturated rings. The largest absolute Gasteiger partial charge is 0.495 e. The number of methoxy groups -OCH3 is 1. The molecule has 1 aromatic rings. The lowest BCUT2D eigenvalue weighted by molar-refractivity contribution is 0.253. The van der Waals surface area contributed by atoms with Crippen molar-refractivity contribution in [2.75, 3.05) is 51.6 Å². The number of anilines is 2. The summed E-state index contributed by atoms with van der Waals surface area (Å²) in [5, 5.41) is 3.15. The fraction of sp³-hybridized carbons (Fsp3) is 0.647. The molecule has 0 saturated carbocycles. The Labute approximate surface area is 130 Å². The Morgan fingerprint density at radius 2 is 1.86 bits per heavy atom. The average Bonchev–Trinajstić information content (AvgIpc) is 2.56. The SMILES string of the molecule is CC.CNc1ccc(N(C)C2CCN(C)CC2)cc1OC. The molecule has 1 N–H and O–H groups in total. The standard InChI is InChI=1S/C15H25N3O.C2H6/c1-16-14-6-5-13(11-15(14)19-4)18(3)12-7-9-17(2)10-8-12;1-2/h5-6,11-12,16H,7-10H2,1-4H3;1-2H3. The van der Waals surface area contributed by atoms with E-state index in [2.05, 4.69) is 47.4 Å². The van der Waals surface area contributed by atoms with Crippen molar-refractivity contribution in [3.63, 3.8) is 0 Å². The van der Waals surface area contributed by atoms with Gasteiger partial charge in [-0.15, -0.1) is 0 Å². The van der Waals surface area contributed by atoms with Crippen molar-refractivity contribution in [2.24, 2.45) is 0 Å². The molecule has 0 radical (unpaired) electrons. The summed E-state index contributed by atoms with van der Waals surface area (Å²) in [6.45, 7) is 6.36. The molecular formula is C17H31N3O. The van der Waals surface area contributed by atoms with E-state index in [0.717, 1.165) is 11.4 Å². The van der Waals surface area contributed by atoms with Gasteiger partial charge in [0.1, 0.15) is 5.75 Å². The number of nitrogens with zero attached hydrogens (tertiary/aromatic N) is 2. The first-order valence-corrected chi connectivity index (χ1v) is 7.93. The molecule has 0 bridgehead atoms. The molecule has 0 aromatic heterocycles. The lowest BCUT2D eigenvalue weighted by atomic mass is 10.0. The molecule has 1 saturated heterocycles. The van der Waals surface area contributed by atoms with Crippen LogP contribution in [0.15, 0.2) is 18.2 Å². The van der Waals surface area contributed by atoms with Crippen LogP contribution in [0.5, 0.6) is 5.75 Å². The van der Waals surface area contributed by atoms with Crippen LogP contribution in [0.2, 0.25) is 0 Å². The Morgan fingerprint density at radius 1 is 1.24 bits per heavy atom. The Balaban J connectivity index is 0.00000106. The summed E-state index contributed by atoms with van der Waals surface area (Å²) in [6, 6.07) is 6.98. The zero-order valence-electron chi connectivity index (χ0n) is 14.4. The van der Waals surface area contributed by atoms with Crippen molar-refractivity contribution >= 4 is 11.4 Å². The minimum absolute atomic E-state index is 0.626. The topological polar surface area (TPSA) is 27.7 Å². The maximum atomic E-state index is 5.43. The van der Waals surface area contributed by atoms with Gasteiger partial charge in [-0.2, -0.15) is 0 Å². The van der Waals surface area contributed by atoms with Crippen LogP contribution in [-0.2, 0) is 0 Å². The molecule has 0 amide bonds. The van der Waals surface area contributed by atoms with Gasteiger partial charge in [-0.25, -0.2) is 0 Å². The number of ether oxygens (including phenoxy) is 1. The van der Waals surface area contributed by atoms with Crippen molar-refractivity contribution in [1.82, 2.24) is 4.90 Å². The Morgan fingerprint density at radius 3 is 2.38 bits per heavy atom. The lowest BCUT2D eigenvalue weighted by Gasteiger charge is -2.36. The quantitative estimate of drug-likeness (QED) is 0.922. The van der Waals surface area contributed by atoms with Crippen LogP contribution in [0.4, 0.5) is 11.4 Å². The van der Waals surface area contributed by atoms with Crippen LogP contribution in [0.3, 0.4) is 0 Å². The molecule has 0 spiro atoms. The monoisotopic (exact) mass is 293 g/mol. The summed E-state index contributed by atoms with van der Waals surface area (Å²) in [5.41, 5.74) is 2.26. The van der Waals surface area contributed by atoms with Gasteiger partial charge in [0.2, 0.25) is 0 Å². The summed E-state index contributed by atoms with van der Waals surface area (Å²) >= 11 is 0. The number of hydrogen-bond donors (Lipinski definition) is 1. The molecule has 4 nitrogen and oxygen atoms in total. The summed E-state index contributed by atoms with van der Waals surface area (Å²) in [5.74, 6) is 0.903. The zero-order chi connectivity index (χ0) is 15.8. The fourth-order valence-corrected chi connectivity index (χ4v) is 2.70.